The van der Waals surface area contributed by atoms with E-state index in [-0.39, 0.29) is 12.0 Å². The standard InChI is InChI=1S/C7H7N3O2/c8-10-9-6-4-2-1-3-5(4)12-7(6)11/h1,3-6H,2H2. The van der Waals surface area contributed by atoms with Crippen molar-refractivity contribution in [1.29, 1.82) is 0 Å². The van der Waals surface area contributed by atoms with Gasteiger partial charge in [-0.25, -0.2) is 0 Å². The highest BCUT2D eigenvalue weighted by Gasteiger charge is 2.44. The lowest BCUT2D eigenvalue weighted by molar-refractivity contribution is -0.140. The summed E-state index contributed by atoms with van der Waals surface area (Å²) in [5.74, 6) is -0.361. The maximum absolute atomic E-state index is 11.1. The van der Waals surface area contributed by atoms with E-state index in [9.17, 15) is 4.79 Å². The van der Waals surface area contributed by atoms with E-state index in [1.165, 1.54) is 0 Å². The number of carbonyl (C=O) groups excluding carboxylic acids is 1. The second-order valence-electron chi connectivity index (χ2n) is 2.88. The second-order valence-corrected chi connectivity index (χ2v) is 2.88. The lowest BCUT2D eigenvalue weighted by Gasteiger charge is -2.06. The number of azide groups is 1. The summed E-state index contributed by atoms with van der Waals surface area (Å²) in [6, 6.07) is -0.616. The van der Waals surface area contributed by atoms with Gasteiger partial charge in [-0.2, -0.15) is 0 Å². The number of carbonyl (C=O) groups is 1. The summed E-state index contributed by atoms with van der Waals surface area (Å²) < 4.78 is 4.96. The molecule has 1 saturated heterocycles. The first-order valence-electron chi connectivity index (χ1n) is 3.74. The monoisotopic (exact) mass is 165 g/mol. The topological polar surface area (TPSA) is 75.1 Å². The number of hydrogen-bond acceptors (Lipinski definition) is 3. The molecule has 0 amide bonds. The normalized spacial score (nSPS) is 37.3. The van der Waals surface area contributed by atoms with E-state index in [0.29, 0.717) is 0 Å². The molecule has 0 aromatic carbocycles. The summed E-state index contributed by atoms with van der Waals surface area (Å²) in [4.78, 5) is 13.7. The summed E-state index contributed by atoms with van der Waals surface area (Å²) in [6.07, 6.45) is 4.39. The van der Waals surface area contributed by atoms with Gasteiger partial charge in [0, 0.05) is 10.8 Å². The van der Waals surface area contributed by atoms with E-state index in [1.807, 2.05) is 12.2 Å². The third kappa shape index (κ3) is 0.871. The van der Waals surface area contributed by atoms with E-state index in [0.717, 1.165) is 6.42 Å². The Hall–Kier alpha value is -1.48. The number of ether oxygens (including phenoxy) is 1. The average molecular weight is 165 g/mol. The zero-order chi connectivity index (χ0) is 8.55. The second kappa shape index (κ2) is 2.53. The smallest absolute Gasteiger partial charge is 0.315 e. The number of allylic oxidation sites excluding steroid dienone is 1. The van der Waals surface area contributed by atoms with Gasteiger partial charge in [-0.1, -0.05) is 11.2 Å². The average Bonchev–Trinajstić information content (AvgIpc) is 2.56. The Morgan fingerprint density at radius 3 is 3.33 bits per heavy atom. The molecule has 1 fully saturated rings. The van der Waals surface area contributed by atoms with E-state index >= 15 is 0 Å². The van der Waals surface area contributed by atoms with Crippen LogP contribution in [0.1, 0.15) is 6.42 Å². The Morgan fingerprint density at radius 2 is 2.58 bits per heavy atom. The highest BCUT2D eigenvalue weighted by atomic mass is 16.6. The van der Waals surface area contributed by atoms with Crippen LogP contribution in [0.5, 0.6) is 0 Å². The number of rotatable bonds is 1. The highest BCUT2D eigenvalue weighted by Crippen LogP contribution is 2.33. The first kappa shape index (κ1) is 7.18. The largest absolute Gasteiger partial charge is 0.457 e. The van der Waals surface area contributed by atoms with Gasteiger partial charge in [-0.15, -0.1) is 0 Å². The predicted molar refractivity (Wildman–Crippen MR) is 40.1 cm³/mol. The van der Waals surface area contributed by atoms with Gasteiger partial charge in [0.2, 0.25) is 0 Å². The van der Waals surface area contributed by atoms with Crippen LogP contribution in [-0.2, 0) is 9.53 Å². The molecule has 12 heavy (non-hydrogen) atoms. The van der Waals surface area contributed by atoms with Gasteiger partial charge < -0.3 is 4.74 Å². The van der Waals surface area contributed by atoms with Crippen LogP contribution in [0.3, 0.4) is 0 Å². The van der Waals surface area contributed by atoms with Crippen molar-refractivity contribution in [3.63, 3.8) is 0 Å². The van der Waals surface area contributed by atoms with Crippen LogP contribution in [0, 0.1) is 5.92 Å². The predicted octanol–water partition coefficient (Wildman–Crippen LogP) is 1.17. The summed E-state index contributed by atoms with van der Waals surface area (Å²) in [5, 5.41) is 3.41. The first-order valence-corrected chi connectivity index (χ1v) is 3.74. The Kier molecular flexibility index (Phi) is 1.52. The van der Waals surface area contributed by atoms with Crippen LogP contribution in [0.4, 0.5) is 0 Å². The molecule has 0 radical (unpaired) electrons. The fourth-order valence-electron chi connectivity index (χ4n) is 1.65. The van der Waals surface area contributed by atoms with Gasteiger partial charge in [-0.3, -0.25) is 4.79 Å². The maximum Gasteiger partial charge on any atom is 0.315 e. The van der Waals surface area contributed by atoms with Crippen molar-refractivity contribution in [2.45, 2.75) is 18.6 Å². The molecule has 1 aliphatic heterocycles. The molecule has 62 valence electrons. The van der Waals surface area contributed by atoms with Crippen molar-refractivity contribution in [3.05, 3.63) is 22.6 Å². The van der Waals surface area contributed by atoms with Crippen molar-refractivity contribution in [1.82, 2.24) is 0 Å². The zero-order valence-electron chi connectivity index (χ0n) is 6.25. The lowest BCUT2D eigenvalue weighted by Crippen LogP contribution is -2.19. The molecule has 0 spiro atoms. The van der Waals surface area contributed by atoms with Crippen LogP contribution in [0.2, 0.25) is 0 Å². The molecule has 2 rings (SSSR count). The maximum atomic E-state index is 11.1. The van der Waals surface area contributed by atoms with Crippen molar-refractivity contribution in [2.24, 2.45) is 11.0 Å². The molecule has 0 saturated carbocycles. The molecule has 0 bridgehead atoms. The van der Waals surface area contributed by atoms with E-state index in [2.05, 4.69) is 10.0 Å². The Labute approximate surface area is 68.6 Å². The first-order chi connectivity index (χ1) is 5.83. The van der Waals surface area contributed by atoms with Crippen molar-refractivity contribution in [2.75, 3.05) is 0 Å². The molecule has 0 aromatic rings. The highest BCUT2D eigenvalue weighted by molar-refractivity contribution is 5.79. The van der Waals surface area contributed by atoms with E-state index < -0.39 is 12.0 Å². The van der Waals surface area contributed by atoms with E-state index in [4.69, 9.17) is 10.3 Å². The van der Waals surface area contributed by atoms with Gasteiger partial charge in [0.05, 0.1) is 0 Å². The van der Waals surface area contributed by atoms with Gasteiger partial charge in [0.1, 0.15) is 12.1 Å². The minimum atomic E-state index is -0.616. The molecular formula is C7H7N3O2. The van der Waals surface area contributed by atoms with Crippen molar-refractivity contribution >= 4 is 5.97 Å². The summed E-state index contributed by atoms with van der Waals surface area (Å²) in [7, 11) is 0. The van der Waals surface area contributed by atoms with Gasteiger partial charge in [0.25, 0.3) is 0 Å². The van der Waals surface area contributed by atoms with Crippen LogP contribution in [0.15, 0.2) is 17.3 Å². The van der Waals surface area contributed by atoms with Crippen LogP contribution < -0.4 is 0 Å². The molecule has 5 nitrogen and oxygen atoms in total. The minimum Gasteiger partial charge on any atom is -0.457 e. The molecule has 3 atom stereocenters. The number of nitrogens with zero attached hydrogens (tertiary/aromatic N) is 3. The number of fused-ring (bicyclic) bond motifs is 1. The molecule has 0 aromatic heterocycles. The van der Waals surface area contributed by atoms with Gasteiger partial charge >= 0.3 is 5.97 Å². The Bertz CT molecular complexity index is 293. The molecule has 3 unspecified atom stereocenters. The number of esters is 1. The minimum absolute atomic E-state index is 0.0356. The van der Waals surface area contributed by atoms with Crippen LogP contribution in [-0.4, -0.2) is 18.1 Å². The van der Waals surface area contributed by atoms with Crippen molar-refractivity contribution in [3.8, 4) is 0 Å². The third-order valence-electron chi connectivity index (χ3n) is 2.23. The molecule has 0 N–H and O–H groups in total. The number of hydrogen-bond donors (Lipinski definition) is 0. The van der Waals surface area contributed by atoms with E-state index in [1.54, 1.807) is 0 Å². The molecule has 1 heterocycles. The molecule has 1 aliphatic carbocycles. The SMILES string of the molecule is [N-]=[N+]=NC1C(=O)OC2C=CCC21. The summed E-state index contributed by atoms with van der Waals surface area (Å²) in [6.45, 7) is 0. The fourth-order valence-corrected chi connectivity index (χ4v) is 1.65. The molecule has 5 heteroatoms. The molecule has 2 aliphatic rings. The van der Waals surface area contributed by atoms with Crippen LogP contribution >= 0.6 is 0 Å². The Balaban J connectivity index is 2.24. The summed E-state index contributed by atoms with van der Waals surface area (Å²) >= 11 is 0. The van der Waals surface area contributed by atoms with Crippen LogP contribution in [0.25, 0.3) is 10.4 Å². The van der Waals surface area contributed by atoms with Gasteiger partial charge in [-0.05, 0) is 18.0 Å². The zero-order valence-corrected chi connectivity index (χ0v) is 6.25. The fraction of sp³-hybridized carbons (Fsp3) is 0.571. The quantitative estimate of drug-likeness (QED) is 0.192. The van der Waals surface area contributed by atoms with Gasteiger partial charge in [0.15, 0.2) is 0 Å². The van der Waals surface area contributed by atoms with Crippen molar-refractivity contribution < 1.29 is 9.53 Å². The Morgan fingerprint density at radius 1 is 1.75 bits per heavy atom. The third-order valence-corrected chi connectivity index (χ3v) is 2.23. The summed E-state index contributed by atoms with van der Waals surface area (Å²) in [5.41, 5.74) is 8.19. The molecular weight excluding hydrogens is 158 g/mol. The lowest BCUT2D eigenvalue weighted by atomic mass is 9.99.